The van der Waals surface area contributed by atoms with Gasteiger partial charge in [0, 0.05) is 33.3 Å². The number of carbonyl (C=O) groups is 3. The van der Waals surface area contributed by atoms with Gasteiger partial charge >= 0.3 is 0 Å². The van der Waals surface area contributed by atoms with Gasteiger partial charge in [0.2, 0.25) is 0 Å². The summed E-state index contributed by atoms with van der Waals surface area (Å²) in [6, 6.07) is 29.6. The molecule has 0 amide bonds. The molecule has 38 heavy (non-hydrogen) atoms. The molecule has 2 heterocycles. The van der Waals surface area contributed by atoms with E-state index in [0.29, 0.717) is 27.3 Å². The molecule has 0 unspecified atom stereocenters. The lowest BCUT2D eigenvalue weighted by Crippen LogP contribution is -2.48. The summed E-state index contributed by atoms with van der Waals surface area (Å²) in [4.78, 5) is 45.6. The fourth-order valence-corrected chi connectivity index (χ4v) is 7.01. The predicted octanol–water partition coefficient (Wildman–Crippen LogP) is 6.66. The lowest BCUT2D eigenvalue weighted by atomic mass is 9.64. The van der Waals surface area contributed by atoms with Gasteiger partial charge in [-0.15, -0.1) is 0 Å². The number of ketones is 3. The molecule has 4 aromatic rings. The summed E-state index contributed by atoms with van der Waals surface area (Å²) in [5.41, 5.74) is 2.14. The van der Waals surface area contributed by atoms with Crippen LogP contribution in [-0.4, -0.2) is 29.4 Å². The fourth-order valence-electron chi connectivity index (χ4n) is 6.76. The van der Waals surface area contributed by atoms with Gasteiger partial charge in [0.15, 0.2) is 17.3 Å². The maximum absolute atomic E-state index is 14.6. The molecule has 0 N–H and O–H groups in total. The maximum atomic E-state index is 14.6. The van der Waals surface area contributed by atoms with Crippen LogP contribution >= 0.6 is 11.6 Å². The molecule has 4 aromatic carbocycles. The van der Waals surface area contributed by atoms with Crippen molar-refractivity contribution in [2.75, 3.05) is 4.90 Å². The van der Waals surface area contributed by atoms with Gasteiger partial charge in [-0.25, -0.2) is 0 Å². The Kier molecular flexibility index (Phi) is 5.04. The fraction of sp³-hybridized carbons (Fsp3) is 0.121. The third-order valence-corrected chi connectivity index (χ3v) is 8.62. The molecular formula is C33H22ClNO3. The van der Waals surface area contributed by atoms with Crippen LogP contribution in [0.1, 0.15) is 48.1 Å². The topological polar surface area (TPSA) is 54.5 Å². The van der Waals surface area contributed by atoms with Crippen molar-refractivity contribution in [2.45, 2.75) is 18.0 Å². The number of Topliss-reactive ketones (excluding diaryl/α,β-unsaturated/α-hetero) is 3. The van der Waals surface area contributed by atoms with E-state index in [0.717, 1.165) is 11.3 Å². The van der Waals surface area contributed by atoms with E-state index in [9.17, 15) is 14.4 Å². The number of nitrogens with zero attached hydrogens (tertiary/aromatic N) is 1. The van der Waals surface area contributed by atoms with Crippen molar-refractivity contribution >= 4 is 40.7 Å². The molecule has 2 aliphatic heterocycles. The van der Waals surface area contributed by atoms with Crippen molar-refractivity contribution in [3.8, 4) is 0 Å². The average Bonchev–Trinajstić information content (AvgIpc) is 3.39. The lowest BCUT2D eigenvalue weighted by molar-refractivity contribution is 0.0666. The first-order valence-electron chi connectivity index (χ1n) is 12.6. The molecule has 1 saturated heterocycles. The zero-order valence-corrected chi connectivity index (χ0v) is 21.0. The number of anilines is 1. The Morgan fingerprint density at radius 1 is 0.737 bits per heavy atom. The second kappa shape index (κ2) is 8.37. The monoisotopic (exact) mass is 515 g/mol. The SMILES string of the molecule is O=C(c1ccccc1)[C@H]1[C@H](c2ccccc2Cl)C2(C(=O)c3ccccc3C2=O)[C@@H]2C=Cc3ccccc3N21. The standard InChI is InChI=1S/C33H22ClNO3/c34-25-16-8-7-15-24(25)28-29(30(36)21-11-2-1-3-12-21)35-26-17-9-4-10-20(26)18-19-27(35)33(28)31(37)22-13-5-6-14-23(22)32(33)38/h1-19,27-29H/t27-,28-,29+/m0/s1. The van der Waals surface area contributed by atoms with Gasteiger partial charge in [-0.2, -0.15) is 0 Å². The molecule has 1 aliphatic carbocycles. The van der Waals surface area contributed by atoms with E-state index in [1.807, 2.05) is 77.7 Å². The van der Waals surface area contributed by atoms with Crippen LogP contribution < -0.4 is 4.90 Å². The number of fused-ring (bicyclic) bond motifs is 5. The number of hydrogen-bond donors (Lipinski definition) is 0. The van der Waals surface area contributed by atoms with Crippen LogP contribution in [0, 0.1) is 5.41 Å². The average molecular weight is 516 g/mol. The van der Waals surface area contributed by atoms with E-state index in [1.165, 1.54) is 0 Å². The van der Waals surface area contributed by atoms with Crippen LogP contribution in [0.15, 0.2) is 109 Å². The zero-order chi connectivity index (χ0) is 26.0. The summed E-state index contributed by atoms with van der Waals surface area (Å²) in [6.07, 6.45) is 3.88. The number of hydrogen-bond acceptors (Lipinski definition) is 4. The number of benzene rings is 4. The molecule has 184 valence electrons. The smallest absolute Gasteiger partial charge is 0.185 e. The first kappa shape index (κ1) is 22.9. The third-order valence-electron chi connectivity index (χ3n) is 8.28. The van der Waals surface area contributed by atoms with E-state index < -0.39 is 23.4 Å². The van der Waals surface area contributed by atoms with E-state index >= 15 is 0 Å². The van der Waals surface area contributed by atoms with E-state index in [-0.39, 0.29) is 17.3 Å². The van der Waals surface area contributed by atoms with E-state index in [1.54, 1.807) is 42.5 Å². The molecule has 0 bridgehead atoms. The predicted molar refractivity (Wildman–Crippen MR) is 148 cm³/mol. The van der Waals surface area contributed by atoms with Crippen LogP contribution in [0.3, 0.4) is 0 Å². The van der Waals surface area contributed by atoms with Crippen molar-refractivity contribution in [3.63, 3.8) is 0 Å². The Morgan fingerprint density at radius 2 is 1.34 bits per heavy atom. The molecule has 3 aliphatic rings. The largest absolute Gasteiger partial charge is 0.352 e. The molecule has 5 heteroatoms. The molecule has 0 radical (unpaired) electrons. The second-order valence-electron chi connectivity index (χ2n) is 10.0. The highest BCUT2D eigenvalue weighted by Gasteiger charge is 2.71. The van der Waals surface area contributed by atoms with E-state index in [4.69, 9.17) is 11.6 Å². The van der Waals surface area contributed by atoms with Crippen LogP contribution in [-0.2, 0) is 0 Å². The zero-order valence-electron chi connectivity index (χ0n) is 20.3. The van der Waals surface area contributed by atoms with Crippen molar-refractivity contribution in [3.05, 3.63) is 142 Å². The molecule has 4 nitrogen and oxygen atoms in total. The molecule has 1 fully saturated rings. The van der Waals surface area contributed by atoms with Gasteiger partial charge in [-0.05, 0) is 23.3 Å². The molecule has 0 aromatic heterocycles. The Balaban J connectivity index is 1.57. The van der Waals surface area contributed by atoms with Crippen molar-refractivity contribution < 1.29 is 14.4 Å². The Morgan fingerprint density at radius 3 is 2.05 bits per heavy atom. The van der Waals surface area contributed by atoms with Crippen LogP contribution in [0.25, 0.3) is 6.08 Å². The summed E-state index contributed by atoms with van der Waals surface area (Å²) in [5, 5.41) is 0.427. The molecular weight excluding hydrogens is 494 g/mol. The summed E-state index contributed by atoms with van der Waals surface area (Å²) < 4.78 is 0. The van der Waals surface area contributed by atoms with Crippen LogP contribution in [0.4, 0.5) is 5.69 Å². The quantitative estimate of drug-likeness (QED) is 0.226. The number of rotatable bonds is 3. The van der Waals surface area contributed by atoms with Crippen molar-refractivity contribution in [1.82, 2.24) is 0 Å². The van der Waals surface area contributed by atoms with Crippen LogP contribution in [0.2, 0.25) is 5.02 Å². The summed E-state index contributed by atoms with van der Waals surface area (Å²) in [5.74, 6) is -1.48. The first-order chi connectivity index (χ1) is 18.5. The highest BCUT2D eigenvalue weighted by atomic mass is 35.5. The lowest BCUT2D eigenvalue weighted by Gasteiger charge is -2.37. The summed E-state index contributed by atoms with van der Waals surface area (Å²) in [6.45, 7) is 0. The van der Waals surface area contributed by atoms with Gasteiger partial charge in [-0.3, -0.25) is 14.4 Å². The third kappa shape index (κ3) is 2.89. The molecule has 0 saturated carbocycles. The van der Waals surface area contributed by atoms with Gasteiger partial charge in [0.25, 0.3) is 0 Å². The molecule has 3 atom stereocenters. The second-order valence-corrected chi connectivity index (χ2v) is 10.4. The number of para-hydroxylation sites is 1. The Hall–Kier alpha value is -4.28. The highest BCUT2D eigenvalue weighted by Crippen LogP contribution is 2.61. The highest BCUT2D eigenvalue weighted by molar-refractivity contribution is 6.34. The Labute approximate surface area is 225 Å². The Bertz CT molecular complexity index is 1640. The van der Waals surface area contributed by atoms with Gasteiger partial charge in [0.05, 0.1) is 6.04 Å². The molecule has 7 rings (SSSR count). The normalized spacial score (nSPS) is 22.3. The van der Waals surface area contributed by atoms with Gasteiger partial charge in [-0.1, -0.05) is 115 Å². The minimum absolute atomic E-state index is 0.154. The van der Waals surface area contributed by atoms with Crippen LogP contribution in [0.5, 0.6) is 0 Å². The van der Waals surface area contributed by atoms with Crippen molar-refractivity contribution in [1.29, 1.82) is 0 Å². The first-order valence-corrected chi connectivity index (χ1v) is 13.0. The van der Waals surface area contributed by atoms with Crippen molar-refractivity contribution in [2.24, 2.45) is 5.41 Å². The maximum Gasteiger partial charge on any atom is 0.185 e. The van der Waals surface area contributed by atoms with E-state index in [2.05, 4.69) is 0 Å². The minimum Gasteiger partial charge on any atom is -0.352 e. The summed E-state index contributed by atoms with van der Waals surface area (Å²) >= 11 is 6.82. The minimum atomic E-state index is -1.55. The molecule has 1 spiro atoms. The number of halogens is 1. The summed E-state index contributed by atoms with van der Waals surface area (Å²) in [7, 11) is 0. The number of carbonyl (C=O) groups excluding carboxylic acids is 3. The van der Waals surface area contributed by atoms with Gasteiger partial charge < -0.3 is 4.90 Å². The van der Waals surface area contributed by atoms with Gasteiger partial charge in [0.1, 0.15) is 11.5 Å².